The number of rotatable bonds is 2. The molecule has 0 radical (unpaired) electrons. The van der Waals surface area contributed by atoms with E-state index in [1.165, 1.54) is 12.1 Å². The van der Waals surface area contributed by atoms with E-state index in [9.17, 15) is 4.39 Å². The van der Waals surface area contributed by atoms with Crippen LogP contribution in [0, 0.1) is 24.1 Å². The zero-order valence-corrected chi connectivity index (χ0v) is 11.3. The van der Waals surface area contributed by atoms with Gasteiger partial charge in [0.1, 0.15) is 11.9 Å². The highest BCUT2D eigenvalue weighted by atomic mass is 79.9. The first-order chi connectivity index (χ1) is 8.60. The lowest BCUT2D eigenvalue weighted by Gasteiger charge is -2.11. The van der Waals surface area contributed by atoms with Crippen LogP contribution in [0.2, 0.25) is 0 Å². The molecule has 0 aliphatic rings. The molecule has 2 aromatic carbocycles. The standard InChI is InChI=1S/C14H10BrFN2/c1-9-2-3-11(15)7-14(9)18-13-5-4-12(16)6-10(13)8-17/h2-7,18H,1H3. The van der Waals surface area contributed by atoms with Crippen molar-refractivity contribution < 1.29 is 4.39 Å². The number of halogens is 2. The van der Waals surface area contributed by atoms with Crippen molar-refractivity contribution in [1.29, 1.82) is 5.26 Å². The van der Waals surface area contributed by atoms with Gasteiger partial charge in [-0.15, -0.1) is 0 Å². The molecule has 0 amide bonds. The van der Waals surface area contributed by atoms with Gasteiger partial charge in [0.2, 0.25) is 0 Å². The minimum Gasteiger partial charge on any atom is -0.354 e. The number of hydrogen-bond acceptors (Lipinski definition) is 2. The van der Waals surface area contributed by atoms with E-state index in [4.69, 9.17) is 5.26 Å². The first-order valence-electron chi connectivity index (χ1n) is 5.33. The Morgan fingerprint density at radius 3 is 2.67 bits per heavy atom. The maximum absolute atomic E-state index is 13.0. The minimum atomic E-state index is -0.414. The van der Waals surface area contributed by atoms with Gasteiger partial charge < -0.3 is 5.32 Å². The Bertz CT molecular complexity index is 632. The van der Waals surface area contributed by atoms with Crippen LogP contribution in [0.1, 0.15) is 11.1 Å². The summed E-state index contributed by atoms with van der Waals surface area (Å²) in [6.45, 7) is 1.96. The highest BCUT2D eigenvalue weighted by molar-refractivity contribution is 9.10. The van der Waals surface area contributed by atoms with Crippen LogP contribution in [-0.2, 0) is 0 Å². The summed E-state index contributed by atoms with van der Waals surface area (Å²) in [6, 6.07) is 11.9. The van der Waals surface area contributed by atoms with Crippen molar-refractivity contribution in [3.8, 4) is 6.07 Å². The van der Waals surface area contributed by atoms with E-state index < -0.39 is 5.82 Å². The first kappa shape index (κ1) is 12.6. The van der Waals surface area contributed by atoms with Gasteiger partial charge in [0.05, 0.1) is 11.3 Å². The maximum Gasteiger partial charge on any atom is 0.124 e. The minimum absolute atomic E-state index is 0.286. The van der Waals surface area contributed by atoms with E-state index in [1.54, 1.807) is 6.07 Å². The topological polar surface area (TPSA) is 35.8 Å². The molecule has 2 rings (SSSR count). The highest BCUT2D eigenvalue weighted by Gasteiger charge is 2.06. The van der Waals surface area contributed by atoms with Gasteiger partial charge in [-0.3, -0.25) is 0 Å². The normalized spacial score (nSPS) is 9.89. The van der Waals surface area contributed by atoms with Crippen molar-refractivity contribution in [1.82, 2.24) is 0 Å². The number of anilines is 2. The van der Waals surface area contributed by atoms with Crippen molar-refractivity contribution in [2.24, 2.45) is 0 Å². The van der Waals surface area contributed by atoms with Crippen molar-refractivity contribution in [2.75, 3.05) is 5.32 Å². The fourth-order valence-electron chi connectivity index (χ4n) is 1.59. The molecule has 0 unspecified atom stereocenters. The van der Waals surface area contributed by atoms with Gasteiger partial charge in [0.25, 0.3) is 0 Å². The molecule has 0 fully saturated rings. The van der Waals surface area contributed by atoms with Gasteiger partial charge in [-0.1, -0.05) is 22.0 Å². The van der Waals surface area contributed by atoms with Crippen LogP contribution >= 0.6 is 15.9 Å². The van der Waals surface area contributed by atoms with Crippen molar-refractivity contribution in [3.05, 3.63) is 57.8 Å². The van der Waals surface area contributed by atoms with Crippen LogP contribution in [0.15, 0.2) is 40.9 Å². The summed E-state index contributed by atoms with van der Waals surface area (Å²) in [5.74, 6) is -0.414. The lowest BCUT2D eigenvalue weighted by molar-refractivity contribution is 0.627. The Morgan fingerprint density at radius 1 is 1.17 bits per heavy atom. The maximum atomic E-state index is 13.0. The third kappa shape index (κ3) is 2.69. The van der Waals surface area contributed by atoms with Crippen LogP contribution in [0.3, 0.4) is 0 Å². The van der Waals surface area contributed by atoms with Crippen LogP contribution in [-0.4, -0.2) is 0 Å². The summed E-state index contributed by atoms with van der Waals surface area (Å²) in [4.78, 5) is 0. The van der Waals surface area contributed by atoms with E-state index >= 15 is 0 Å². The van der Waals surface area contributed by atoms with Gasteiger partial charge in [0, 0.05) is 10.2 Å². The van der Waals surface area contributed by atoms with Crippen LogP contribution < -0.4 is 5.32 Å². The quantitative estimate of drug-likeness (QED) is 0.886. The lowest BCUT2D eigenvalue weighted by atomic mass is 10.1. The predicted molar refractivity (Wildman–Crippen MR) is 73.3 cm³/mol. The molecule has 0 heterocycles. The lowest BCUT2D eigenvalue weighted by Crippen LogP contribution is -1.96. The Balaban J connectivity index is 2.40. The zero-order valence-electron chi connectivity index (χ0n) is 9.67. The smallest absolute Gasteiger partial charge is 0.124 e. The summed E-state index contributed by atoms with van der Waals surface area (Å²) >= 11 is 3.39. The van der Waals surface area contributed by atoms with E-state index in [-0.39, 0.29) is 5.56 Å². The number of nitrogens with one attached hydrogen (secondary N) is 1. The predicted octanol–water partition coefficient (Wildman–Crippen LogP) is 4.51. The second kappa shape index (κ2) is 5.19. The molecular weight excluding hydrogens is 295 g/mol. The fourth-order valence-corrected chi connectivity index (χ4v) is 1.95. The molecule has 18 heavy (non-hydrogen) atoms. The Kier molecular flexibility index (Phi) is 3.63. The molecular formula is C14H10BrFN2. The second-order valence-electron chi connectivity index (χ2n) is 3.89. The zero-order chi connectivity index (χ0) is 13.1. The summed E-state index contributed by atoms with van der Waals surface area (Å²) < 4.78 is 14.0. The van der Waals surface area contributed by atoms with Gasteiger partial charge in [-0.25, -0.2) is 4.39 Å². The van der Waals surface area contributed by atoms with Crippen molar-refractivity contribution in [3.63, 3.8) is 0 Å². The third-order valence-corrected chi connectivity index (χ3v) is 3.06. The van der Waals surface area contributed by atoms with Gasteiger partial charge >= 0.3 is 0 Å². The molecule has 0 aromatic heterocycles. The largest absolute Gasteiger partial charge is 0.354 e. The molecule has 0 spiro atoms. The molecule has 1 N–H and O–H groups in total. The van der Waals surface area contributed by atoms with Gasteiger partial charge in [-0.2, -0.15) is 5.26 Å². The average molecular weight is 305 g/mol. The van der Waals surface area contributed by atoms with Crippen molar-refractivity contribution in [2.45, 2.75) is 6.92 Å². The van der Waals surface area contributed by atoms with E-state index in [0.29, 0.717) is 5.69 Å². The third-order valence-electron chi connectivity index (χ3n) is 2.57. The van der Waals surface area contributed by atoms with Crippen LogP contribution in [0.5, 0.6) is 0 Å². The number of nitriles is 1. The van der Waals surface area contributed by atoms with E-state index in [2.05, 4.69) is 21.2 Å². The average Bonchev–Trinajstić information content (AvgIpc) is 2.36. The monoisotopic (exact) mass is 304 g/mol. The summed E-state index contributed by atoms with van der Waals surface area (Å²) in [7, 11) is 0. The molecule has 0 saturated heterocycles. The van der Waals surface area contributed by atoms with Gasteiger partial charge in [0.15, 0.2) is 0 Å². The Labute approximate surface area is 113 Å². The first-order valence-corrected chi connectivity index (χ1v) is 6.12. The molecule has 90 valence electrons. The number of hydrogen-bond donors (Lipinski definition) is 1. The second-order valence-corrected chi connectivity index (χ2v) is 4.80. The Hall–Kier alpha value is -1.86. The highest BCUT2D eigenvalue weighted by Crippen LogP contribution is 2.26. The molecule has 0 aliphatic carbocycles. The van der Waals surface area contributed by atoms with Gasteiger partial charge in [-0.05, 0) is 42.8 Å². The fraction of sp³-hybridized carbons (Fsp3) is 0.0714. The molecule has 4 heteroatoms. The molecule has 0 saturated carbocycles. The molecule has 0 atom stereocenters. The van der Waals surface area contributed by atoms with E-state index in [1.807, 2.05) is 31.2 Å². The summed E-state index contributed by atoms with van der Waals surface area (Å²) in [5.41, 5.74) is 2.81. The molecule has 0 aliphatic heterocycles. The number of benzene rings is 2. The number of nitrogens with zero attached hydrogens (tertiary/aromatic N) is 1. The summed E-state index contributed by atoms with van der Waals surface area (Å²) in [5, 5.41) is 12.1. The molecule has 0 bridgehead atoms. The van der Waals surface area contributed by atoms with Crippen molar-refractivity contribution >= 4 is 27.3 Å². The molecule has 2 aromatic rings. The summed E-state index contributed by atoms with van der Waals surface area (Å²) in [6.07, 6.45) is 0. The SMILES string of the molecule is Cc1ccc(Br)cc1Nc1ccc(F)cc1C#N. The number of aryl methyl sites for hydroxylation is 1. The van der Waals surface area contributed by atoms with E-state index in [0.717, 1.165) is 15.7 Å². The van der Waals surface area contributed by atoms with Crippen LogP contribution in [0.4, 0.5) is 15.8 Å². The van der Waals surface area contributed by atoms with Crippen LogP contribution in [0.25, 0.3) is 0 Å². The molecule has 2 nitrogen and oxygen atoms in total. The Morgan fingerprint density at radius 2 is 1.94 bits per heavy atom.